The highest BCUT2D eigenvalue weighted by molar-refractivity contribution is 5.83. The van der Waals surface area contributed by atoms with Gasteiger partial charge in [-0.15, -0.1) is 0 Å². The molecular formula is C15H31N3O. The summed E-state index contributed by atoms with van der Waals surface area (Å²) in [6.45, 7) is 14.4. The number of carbonyl (C=O) groups excluding carboxylic acids is 1. The minimum absolute atomic E-state index is 0.166. The van der Waals surface area contributed by atoms with E-state index >= 15 is 0 Å². The van der Waals surface area contributed by atoms with Crippen molar-refractivity contribution in [2.75, 3.05) is 26.2 Å². The van der Waals surface area contributed by atoms with E-state index in [1.54, 1.807) is 0 Å². The van der Waals surface area contributed by atoms with Gasteiger partial charge in [-0.25, -0.2) is 0 Å². The molecule has 0 spiro atoms. The van der Waals surface area contributed by atoms with Gasteiger partial charge in [0, 0.05) is 31.7 Å². The number of amides is 1. The second-order valence-corrected chi connectivity index (χ2v) is 6.24. The molecular weight excluding hydrogens is 238 g/mol. The Kier molecular flexibility index (Phi) is 6.27. The summed E-state index contributed by atoms with van der Waals surface area (Å²) in [4.78, 5) is 14.8. The number of hydrogen-bond donors (Lipinski definition) is 2. The minimum Gasteiger partial charge on any atom is -0.354 e. The zero-order valence-corrected chi connectivity index (χ0v) is 13.3. The van der Waals surface area contributed by atoms with Crippen LogP contribution >= 0.6 is 0 Å². The fourth-order valence-electron chi connectivity index (χ4n) is 3.00. The van der Waals surface area contributed by atoms with Crippen molar-refractivity contribution in [3.63, 3.8) is 0 Å². The quantitative estimate of drug-likeness (QED) is 0.738. The number of hydrogen-bond acceptors (Lipinski definition) is 3. The van der Waals surface area contributed by atoms with Crippen LogP contribution in [0.15, 0.2) is 0 Å². The van der Waals surface area contributed by atoms with Gasteiger partial charge in [-0.1, -0.05) is 6.92 Å². The molecule has 0 aromatic rings. The van der Waals surface area contributed by atoms with E-state index in [0.29, 0.717) is 12.1 Å². The van der Waals surface area contributed by atoms with Crippen molar-refractivity contribution < 1.29 is 4.79 Å². The van der Waals surface area contributed by atoms with Gasteiger partial charge in [0.1, 0.15) is 0 Å². The third kappa shape index (κ3) is 4.18. The number of nitrogens with zero attached hydrogens (tertiary/aromatic N) is 1. The first-order valence-corrected chi connectivity index (χ1v) is 7.67. The van der Waals surface area contributed by atoms with Crippen LogP contribution in [-0.4, -0.2) is 49.1 Å². The molecule has 2 N–H and O–H groups in total. The second-order valence-electron chi connectivity index (χ2n) is 6.24. The van der Waals surface area contributed by atoms with Crippen molar-refractivity contribution in [2.24, 2.45) is 5.41 Å². The first-order valence-electron chi connectivity index (χ1n) is 7.67. The number of rotatable bonds is 7. The van der Waals surface area contributed by atoms with E-state index in [9.17, 15) is 4.79 Å². The van der Waals surface area contributed by atoms with Gasteiger partial charge in [0.05, 0.1) is 5.41 Å². The molecule has 0 radical (unpaired) electrons. The third-order valence-corrected chi connectivity index (χ3v) is 4.38. The molecule has 1 rings (SSSR count). The molecule has 0 aromatic heterocycles. The van der Waals surface area contributed by atoms with E-state index in [-0.39, 0.29) is 11.3 Å². The summed E-state index contributed by atoms with van der Waals surface area (Å²) in [5.74, 6) is 0.229. The lowest BCUT2D eigenvalue weighted by Gasteiger charge is -2.31. The topological polar surface area (TPSA) is 44.4 Å². The predicted molar refractivity (Wildman–Crippen MR) is 80.2 cm³/mol. The van der Waals surface area contributed by atoms with Gasteiger partial charge < -0.3 is 10.6 Å². The van der Waals surface area contributed by atoms with Crippen molar-refractivity contribution in [1.29, 1.82) is 0 Å². The maximum atomic E-state index is 12.3. The highest BCUT2D eigenvalue weighted by Crippen LogP contribution is 2.29. The van der Waals surface area contributed by atoms with Crippen LogP contribution in [0.25, 0.3) is 0 Å². The molecule has 1 heterocycles. The number of nitrogens with one attached hydrogen (secondary N) is 2. The summed E-state index contributed by atoms with van der Waals surface area (Å²) in [6.07, 6.45) is 1.89. The Morgan fingerprint density at radius 3 is 2.37 bits per heavy atom. The van der Waals surface area contributed by atoms with Gasteiger partial charge in [0.2, 0.25) is 5.91 Å². The highest BCUT2D eigenvalue weighted by atomic mass is 16.2. The van der Waals surface area contributed by atoms with E-state index in [4.69, 9.17) is 0 Å². The molecule has 0 aromatic carbocycles. The molecule has 1 aliphatic heterocycles. The molecule has 1 saturated heterocycles. The van der Waals surface area contributed by atoms with Crippen molar-refractivity contribution >= 4 is 5.91 Å². The molecule has 19 heavy (non-hydrogen) atoms. The van der Waals surface area contributed by atoms with Crippen molar-refractivity contribution in [2.45, 2.75) is 59.5 Å². The molecule has 1 atom stereocenters. The predicted octanol–water partition coefficient (Wildman–Crippen LogP) is 1.61. The molecule has 4 nitrogen and oxygen atoms in total. The van der Waals surface area contributed by atoms with Gasteiger partial charge in [0.25, 0.3) is 0 Å². The molecule has 1 fully saturated rings. The first-order chi connectivity index (χ1) is 8.93. The Bertz CT molecular complexity index is 275. The van der Waals surface area contributed by atoms with E-state index in [0.717, 1.165) is 39.0 Å². The molecule has 1 amide bonds. The largest absolute Gasteiger partial charge is 0.354 e. The van der Waals surface area contributed by atoms with E-state index in [1.807, 2.05) is 0 Å². The van der Waals surface area contributed by atoms with E-state index < -0.39 is 0 Å². The van der Waals surface area contributed by atoms with Crippen LogP contribution in [0.5, 0.6) is 0 Å². The van der Waals surface area contributed by atoms with Crippen LogP contribution in [0.1, 0.15) is 47.5 Å². The van der Waals surface area contributed by atoms with Crippen molar-refractivity contribution in [3.8, 4) is 0 Å². The fraction of sp³-hybridized carbons (Fsp3) is 0.933. The van der Waals surface area contributed by atoms with Crippen LogP contribution in [0.3, 0.4) is 0 Å². The van der Waals surface area contributed by atoms with Gasteiger partial charge in [-0.3, -0.25) is 9.69 Å². The molecule has 112 valence electrons. The summed E-state index contributed by atoms with van der Waals surface area (Å²) in [7, 11) is 0. The van der Waals surface area contributed by atoms with Crippen LogP contribution in [-0.2, 0) is 4.79 Å². The van der Waals surface area contributed by atoms with Crippen LogP contribution in [0, 0.1) is 5.41 Å². The van der Waals surface area contributed by atoms with Gasteiger partial charge in [-0.2, -0.15) is 0 Å². The maximum Gasteiger partial charge on any atom is 0.227 e. The van der Waals surface area contributed by atoms with E-state index in [2.05, 4.69) is 50.2 Å². The second kappa shape index (κ2) is 7.25. The average Bonchev–Trinajstić information content (AvgIpc) is 2.83. The lowest BCUT2D eigenvalue weighted by molar-refractivity contribution is -0.130. The monoisotopic (exact) mass is 269 g/mol. The summed E-state index contributed by atoms with van der Waals surface area (Å²) >= 11 is 0. The normalized spacial score (nSPS) is 23.6. The summed E-state index contributed by atoms with van der Waals surface area (Å²) in [5.41, 5.74) is -0.166. The Morgan fingerprint density at radius 1 is 1.32 bits per heavy atom. The average molecular weight is 269 g/mol. The fourth-order valence-corrected chi connectivity index (χ4v) is 3.00. The molecule has 0 aliphatic carbocycles. The maximum absolute atomic E-state index is 12.3. The van der Waals surface area contributed by atoms with Crippen LogP contribution < -0.4 is 10.6 Å². The molecule has 1 aliphatic rings. The van der Waals surface area contributed by atoms with Gasteiger partial charge >= 0.3 is 0 Å². The van der Waals surface area contributed by atoms with Crippen LogP contribution in [0.2, 0.25) is 0 Å². The van der Waals surface area contributed by atoms with Gasteiger partial charge in [-0.05, 0) is 47.1 Å². The summed E-state index contributed by atoms with van der Waals surface area (Å²) in [6, 6.07) is 1.04. The van der Waals surface area contributed by atoms with Crippen molar-refractivity contribution in [1.82, 2.24) is 15.5 Å². The zero-order chi connectivity index (χ0) is 14.5. The Balaban J connectivity index is 2.41. The Hall–Kier alpha value is -0.610. The van der Waals surface area contributed by atoms with Crippen molar-refractivity contribution in [3.05, 3.63) is 0 Å². The standard InChI is InChI=1S/C15H31N3O/c1-6-15(7-8-16-11-15)14(19)17-9-10-18(12(2)3)13(4)5/h12-13,16H,6-11H2,1-5H3,(H,17,19). The van der Waals surface area contributed by atoms with Crippen LogP contribution in [0.4, 0.5) is 0 Å². The Morgan fingerprint density at radius 2 is 1.95 bits per heavy atom. The molecule has 1 unspecified atom stereocenters. The minimum atomic E-state index is -0.166. The molecule has 0 saturated carbocycles. The zero-order valence-electron chi connectivity index (χ0n) is 13.3. The molecule has 0 bridgehead atoms. The first kappa shape index (κ1) is 16.4. The van der Waals surface area contributed by atoms with Gasteiger partial charge in [0.15, 0.2) is 0 Å². The third-order valence-electron chi connectivity index (χ3n) is 4.38. The summed E-state index contributed by atoms with van der Waals surface area (Å²) < 4.78 is 0. The number of carbonyl (C=O) groups is 1. The SMILES string of the molecule is CCC1(C(=O)NCCN(C(C)C)C(C)C)CCNC1. The Labute approximate surface area is 118 Å². The summed E-state index contributed by atoms with van der Waals surface area (Å²) in [5, 5.41) is 6.45. The highest BCUT2D eigenvalue weighted by Gasteiger charge is 2.39. The lowest BCUT2D eigenvalue weighted by atomic mass is 9.83. The lowest BCUT2D eigenvalue weighted by Crippen LogP contribution is -2.47. The molecule has 4 heteroatoms. The van der Waals surface area contributed by atoms with E-state index in [1.165, 1.54) is 0 Å². The smallest absolute Gasteiger partial charge is 0.227 e.